The highest BCUT2D eigenvalue weighted by atomic mass is 35.5. The second-order valence-electron chi connectivity index (χ2n) is 5.67. The molecular formula is C18H13Cl2NO5S2. The Morgan fingerprint density at radius 3 is 2.43 bits per heavy atom. The summed E-state index contributed by atoms with van der Waals surface area (Å²) in [6, 6.07) is 10.5. The summed E-state index contributed by atoms with van der Waals surface area (Å²) in [7, 11) is -2.68. The molecule has 0 fully saturated rings. The number of thiophene rings is 1. The van der Waals surface area contributed by atoms with Crippen molar-refractivity contribution in [3.63, 3.8) is 0 Å². The van der Waals surface area contributed by atoms with E-state index in [-0.39, 0.29) is 15.5 Å². The standard InChI is InChI=1S/C18H13Cl2NO5S2/c1-26-18(23)17-16(15-12(20)3-2-4-13(15)27-17)21-14(22)9-28(24,25)11-7-5-10(19)6-8-11/h2-8H,9H2,1H3,(H,21,22). The van der Waals surface area contributed by atoms with Crippen LogP contribution in [-0.2, 0) is 19.4 Å². The monoisotopic (exact) mass is 457 g/mol. The molecule has 10 heteroatoms. The second-order valence-corrected chi connectivity index (χ2v) is 9.56. The molecule has 0 aliphatic rings. The van der Waals surface area contributed by atoms with Gasteiger partial charge in [-0.2, -0.15) is 0 Å². The van der Waals surface area contributed by atoms with E-state index in [9.17, 15) is 18.0 Å². The van der Waals surface area contributed by atoms with E-state index in [0.717, 1.165) is 11.3 Å². The lowest BCUT2D eigenvalue weighted by molar-refractivity contribution is -0.113. The van der Waals surface area contributed by atoms with Gasteiger partial charge in [0.2, 0.25) is 5.91 Å². The van der Waals surface area contributed by atoms with Gasteiger partial charge in [0.25, 0.3) is 0 Å². The van der Waals surface area contributed by atoms with Crippen LogP contribution in [0.2, 0.25) is 10.0 Å². The number of carbonyl (C=O) groups is 2. The Morgan fingerprint density at radius 1 is 1.11 bits per heavy atom. The third-order valence-corrected chi connectivity index (χ3v) is 7.13. The van der Waals surface area contributed by atoms with Crippen LogP contribution in [-0.4, -0.2) is 33.2 Å². The molecule has 3 rings (SSSR count). The number of fused-ring (bicyclic) bond motifs is 1. The summed E-state index contributed by atoms with van der Waals surface area (Å²) in [6.07, 6.45) is 0. The van der Waals surface area contributed by atoms with Crippen LogP contribution >= 0.6 is 34.5 Å². The summed E-state index contributed by atoms with van der Waals surface area (Å²) >= 11 is 13.1. The third-order valence-electron chi connectivity index (χ3n) is 3.79. The zero-order valence-corrected chi connectivity index (χ0v) is 17.5. The van der Waals surface area contributed by atoms with Gasteiger partial charge in [-0.1, -0.05) is 29.3 Å². The highest BCUT2D eigenvalue weighted by Gasteiger charge is 2.25. The fraction of sp³-hybridized carbons (Fsp3) is 0.111. The van der Waals surface area contributed by atoms with E-state index in [1.807, 2.05) is 0 Å². The van der Waals surface area contributed by atoms with E-state index < -0.39 is 27.5 Å². The number of hydrogen-bond acceptors (Lipinski definition) is 6. The van der Waals surface area contributed by atoms with Crippen molar-refractivity contribution in [1.82, 2.24) is 0 Å². The lowest BCUT2D eigenvalue weighted by atomic mass is 10.2. The summed E-state index contributed by atoms with van der Waals surface area (Å²) in [6.45, 7) is 0. The average molecular weight is 458 g/mol. The van der Waals surface area contributed by atoms with Crippen molar-refractivity contribution in [2.24, 2.45) is 0 Å². The fourth-order valence-electron chi connectivity index (χ4n) is 2.54. The van der Waals surface area contributed by atoms with E-state index >= 15 is 0 Å². The van der Waals surface area contributed by atoms with Crippen LogP contribution in [0.1, 0.15) is 9.67 Å². The van der Waals surface area contributed by atoms with E-state index in [1.165, 1.54) is 31.4 Å². The first-order chi connectivity index (χ1) is 13.2. The highest BCUT2D eigenvalue weighted by Crippen LogP contribution is 2.40. The second kappa shape index (κ2) is 8.08. The molecule has 1 aromatic heterocycles. The van der Waals surface area contributed by atoms with Gasteiger partial charge < -0.3 is 10.1 Å². The van der Waals surface area contributed by atoms with Crippen molar-refractivity contribution in [2.75, 3.05) is 18.2 Å². The number of amides is 1. The minimum absolute atomic E-state index is 0.0338. The zero-order valence-electron chi connectivity index (χ0n) is 14.4. The van der Waals surface area contributed by atoms with Gasteiger partial charge in [0.15, 0.2) is 9.84 Å². The van der Waals surface area contributed by atoms with Gasteiger partial charge in [0, 0.05) is 15.1 Å². The highest BCUT2D eigenvalue weighted by molar-refractivity contribution is 7.92. The van der Waals surface area contributed by atoms with Crippen molar-refractivity contribution in [3.05, 3.63) is 57.4 Å². The molecule has 0 aliphatic carbocycles. The maximum atomic E-state index is 12.5. The fourth-order valence-corrected chi connectivity index (χ4v) is 5.22. The molecule has 1 heterocycles. The molecular weight excluding hydrogens is 445 g/mol. The maximum Gasteiger partial charge on any atom is 0.350 e. The molecule has 3 aromatic rings. The SMILES string of the molecule is COC(=O)c1sc2cccc(Cl)c2c1NC(=O)CS(=O)(=O)c1ccc(Cl)cc1. The lowest BCUT2D eigenvalue weighted by Gasteiger charge is -2.08. The van der Waals surface area contributed by atoms with Gasteiger partial charge in [-0.05, 0) is 36.4 Å². The number of esters is 1. The molecule has 6 nitrogen and oxygen atoms in total. The summed E-state index contributed by atoms with van der Waals surface area (Å²) in [4.78, 5) is 24.7. The van der Waals surface area contributed by atoms with Crippen LogP contribution < -0.4 is 5.32 Å². The van der Waals surface area contributed by atoms with Gasteiger partial charge in [-0.15, -0.1) is 11.3 Å². The van der Waals surface area contributed by atoms with E-state index in [4.69, 9.17) is 27.9 Å². The van der Waals surface area contributed by atoms with Crippen LogP contribution in [0.4, 0.5) is 5.69 Å². The number of anilines is 1. The Labute approximate surface area is 174 Å². The molecule has 0 unspecified atom stereocenters. The molecule has 146 valence electrons. The van der Waals surface area contributed by atoms with Crippen LogP contribution in [0.5, 0.6) is 0 Å². The first-order valence-electron chi connectivity index (χ1n) is 7.80. The van der Waals surface area contributed by atoms with Gasteiger partial charge >= 0.3 is 5.97 Å². The number of halogens is 2. The quantitative estimate of drug-likeness (QED) is 0.573. The number of benzene rings is 2. The smallest absolute Gasteiger partial charge is 0.350 e. The van der Waals surface area contributed by atoms with Crippen molar-refractivity contribution >= 4 is 72.0 Å². The van der Waals surface area contributed by atoms with Crippen LogP contribution in [0, 0.1) is 0 Å². The van der Waals surface area contributed by atoms with Crippen molar-refractivity contribution in [2.45, 2.75) is 4.90 Å². The molecule has 0 aliphatic heterocycles. The summed E-state index contributed by atoms with van der Waals surface area (Å²) in [5.41, 5.74) is 0.133. The minimum Gasteiger partial charge on any atom is -0.465 e. The maximum absolute atomic E-state index is 12.5. The average Bonchev–Trinajstić information content (AvgIpc) is 3.00. The number of hydrogen-bond donors (Lipinski definition) is 1. The molecule has 2 aromatic carbocycles. The summed E-state index contributed by atoms with van der Waals surface area (Å²) in [5, 5.41) is 3.66. The molecule has 1 N–H and O–H groups in total. The number of carbonyl (C=O) groups excluding carboxylic acids is 2. The normalized spacial score (nSPS) is 11.4. The van der Waals surface area contributed by atoms with E-state index in [1.54, 1.807) is 18.2 Å². The van der Waals surface area contributed by atoms with Crippen LogP contribution in [0.15, 0.2) is 47.4 Å². The Morgan fingerprint density at radius 2 is 1.79 bits per heavy atom. The number of methoxy groups -OCH3 is 1. The minimum atomic E-state index is -3.90. The topological polar surface area (TPSA) is 89.5 Å². The molecule has 1 amide bonds. The first kappa shape index (κ1) is 20.6. The van der Waals surface area contributed by atoms with Crippen LogP contribution in [0.25, 0.3) is 10.1 Å². The number of nitrogens with one attached hydrogen (secondary N) is 1. The van der Waals surface area contributed by atoms with Gasteiger partial charge in [-0.25, -0.2) is 13.2 Å². The van der Waals surface area contributed by atoms with Crippen molar-refractivity contribution in [3.8, 4) is 0 Å². The Hall–Kier alpha value is -2.13. The van der Waals surface area contributed by atoms with Crippen molar-refractivity contribution < 1.29 is 22.7 Å². The van der Waals surface area contributed by atoms with Gasteiger partial charge in [0.1, 0.15) is 10.6 Å². The molecule has 0 bridgehead atoms. The van der Waals surface area contributed by atoms with E-state index in [0.29, 0.717) is 20.1 Å². The zero-order chi connectivity index (χ0) is 20.5. The molecule has 28 heavy (non-hydrogen) atoms. The Kier molecular flexibility index (Phi) is 5.95. The molecule has 0 spiro atoms. The predicted molar refractivity (Wildman–Crippen MR) is 110 cm³/mol. The summed E-state index contributed by atoms with van der Waals surface area (Å²) in [5.74, 6) is -2.27. The largest absolute Gasteiger partial charge is 0.465 e. The summed E-state index contributed by atoms with van der Waals surface area (Å²) < 4.78 is 30.3. The van der Waals surface area contributed by atoms with Crippen LogP contribution in [0.3, 0.4) is 0 Å². The third kappa shape index (κ3) is 4.15. The number of sulfone groups is 1. The molecule has 0 saturated heterocycles. The van der Waals surface area contributed by atoms with Crippen molar-refractivity contribution in [1.29, 1.82) is 0 Å². The number of rotatable bonds is 5. The first-order valence-corrected chi connectivity index (χ1v) is 11.0. The Bertz CT molecular complexity index is 1170. The Balaban J connectivity index is 1.94. The van der Waals surface area contributed by atoms with Gasteiger partial charge in [0.05, 0.1) is 22.7 Å². The molecule has 0 saturated carbocycles. The number of ether oxygens (including phenoxy) is 1. The molecule has 0 atom stereocenters. The lowest BCUT2D eigenvalue weighted by Crippen LogP contribution is -2.23. The predicted octanol–water partition coefficient (Wildman–Crippen LogP) is 4.41. The van der Waals surface area contributed by atoms with Gasteiger partial charge in [-0.3, -0.25) is 4.79 Å². The van der Waals surface area contributed by atoms with E-state index in [2.05, 4.69) is 5.32 Å². The molecule has 0 radical (unpaired) electrons.